The molecule has 0 atom stereocenters. The van der Waals surface area contributed by atoms with Crippen molar-refractivity contribution >= 4 is 17.4 Å². The Bertz CT molecular complexity index is 824. The van der Waals surface area contributed by atoms with Crippen molar-refractivity contribution in [2.75, 3.05) is 18.1 Å². The van der Waals surface area contributed by atoms with Crippen molar-refractivity contribution in [3.8, 4) is 5.75 Å². The number of para-hydroxylation sites is 1. The molecule has 0 fully saturated rings. The fraction of sp³-hybridized carbons (Fsp3) is 0.391. The minimum absolute atomic E-state index is 0.0198. The zero-order valence-corrected chi connectivity index (χ0v) is 16.3. The van der Waals surface area contributed by atoms with Crippen LogP contribution in [0.15, 0.2) is 48.5 Å². The Morgan fingerprint density at radius 1 is 1.07 bits per heavy atom. The molecule has 0 unspecified atom stereocenters. The van der Waals surface area contributed by atoms with Gasteiger partial charge in [0.1, 0.15) is 11.5 Å². The molecule has 0 aliphatic carbocycles. The van der Waals surface area contributed by atoms with Gasteiger partial charge in [-0.3, -0.25) is 9.59 Å². The number of carbonyl (C=O) groups excluding carboxylic acids is 2. The molecule has 4 nitrogen and oxygen atoms in total. The molecule has 1 heterocycles. The third kappa shape index (κ3) is 4.38. The van der Waals surface area contributed by atoms with Crippen LogP contribution in [0.25, 0.3) is 0 Å². The topological polar surface area (TPSA) is 46.6 Å². The van der Waals surface area contributed by atoms with E-state index in [4.69, 9.17) is 4.74 Å². The molecule has 27 heavy (non-hydrogen) atoms. The Kier molecular flexibility index (Phi) is 5.64. The second kappa shape index (κ2) is 7.95. The molecule has 0 saturated carbocycles. The molecule has 1 aliphatic heterocycles. The highest BCUT2D eigenvalue weighted by molar-refractivity contribution is 6.06. The van der Waals surface area contributed by atoms with E-state index >= 15 is 0 Å². The fourth-order valence-electron chi connectivity index (χ4n) is 3.19. The minimum Gasteiger partial charge on any atom is -0.494 e. The van der Waals surface area contributed by atoms with Gasteiger partial charge in [0.15, 0.2) is 0 Å². The van der Waals surface area contributed by atoms with Gasteiger partial charge in [0.2, 0.25) is 0 Å². The lowest BCUT2D eigenvalue weighted by Crippen LogP contribution is -2.35. The Labute approximate surface area is 161 Å². The molecule has 2 aromatic rings. The van der Waals surface area contributed by atoms with Gasteiger partial charge in [-0.05, 0) is 62.1 Å². The van der Waals surface area contributed by atoms with Crippen molar-refractivity contribution in [2.45, 2.75) is 40.0 Å². The Balaban J connectivity index is 1.64. The molecule has 2 aromatic carbocycles. The van der Waals surface area contributed by atoms with Crippen molar-refractivity contribution in [1.82, 2.24) is 0 Å². The van der Waals surface area contributed by atoms with Crippen LogP contribution in [0.4, 0.5) is 5.69 Å². The zero-order valence-electron chi connectivity index (χ0n) is 16.3. The molecule has 142 valence electrons. The lowest BCUT2D eigenvalue weighted by Gasteiger charge is -2.29. The number of carbonyl (C=O) groups is 2. The zero-order chi connectivity index (χ0) is 19.4. The SMILES string of the molecule is CC(=O)C(C)(C)CCOc1ccc(C(=O)N2CCCc3ccccc32)cc1. The van der Waals surface area contributed by atoms with Gasteiger partial charge in [-0.25, -0.2) is 0 Å². The number of Topliss-reactive ketones (excluding diaryl/α,β-unsaturated/α-hetero) is 1. The van der Waals surface area contributed by atoms with Crippen LogP contribution in [0.2, 0.25) is 0 Å². The molecule has 0 N–H and O–H groups in total. The standard InChI is InChI=1S/C23H27NO3/c1-17(25)23(2,3)14-16-27-20-12-10-19(11-13-20)22(26)24-15-6-8-18-7-4-5-9-21(18)24/h4-5,7,9-13H,6,8,14-16H2,1-3H3. The average molecular weight is 365 g/mol. The van der Waals surface area contributed by atoms with Gasteiger partial charge in [0, 0.05) is 23.2 Å². The summed E-state index contributed by atoms with van der Waals surface area (Å²) in [5, 5.41) is 0. The van der Waals surface area contributed by atoms with Crippen LogP contribution in [0, 0.1) is 5.41 Å². The van der Waals surface area contributed by atoms with Crippen molar-refractivity contribution < 1.29 is 14.3 Å². The number of ketones is 1. The molecule has 1 aliphatic rings. The van der Waals surface area contributed by atoms with E-state index in [1.807, 2.05) is 61.2 Å². The quantitative estimate of drug-likeness (QED) is 0.748. The molecular weight excluding hydrogens is 338 g/mol. The van der Waals surface area contributed by atoms with Crippen LogP contribution in [-0.4, -0.2) is 24.8 Å². The third-order valence-corrected chi connectivity index (χ3v) is 5.41. The summed E-state index contributed by atoms with van der Waals surface area (Å²) in [6.07, 6.45) is 2.66. The summed E-state index contributed by atoms with van der Waals surface area (Å²) in [6, 6.07) is 15.4. The second-order valence-corrected chi connectivity index (χ2v) is 7.75. The number of nitrogens with zero attached hydrogens (tertiary/aromatic N) is 1. The monoisotopic (exact) mass is 365 g/mol. The summed E-state index contributed by atoms with van der Waals surface area (Å²) < 4.78 is 5.75. The van der Waals surface area contributed by atoms with E-state index in [9.17, 15) is 9.59 Å². The number of rotatable bonds is 6. The minimum atomic E-state index is -0.377. The largest absolute Gasteiger partial charge is 0.494 e. The number of fused-ring (bicyclic) bond motifs is 1. The van der Waals surface area contributed by atoms with Gasteiger partial charge >= 0.3 is 0 Å². The van der Waals surface area contributed by atoms with Crippen LogP contribution in [0.3, 0.4) is 0 Å². The van der Waals surface area contributed by atoms with E-state index in [0.717, 1.165) is 25.1 Å². The maximum absolute atomic E-state index is 12.9. The van der Waals surface area contributed by atoms with Crippen LogP contribution in [0.5, 0.6) is 5.75 Å². The number of benzene rings is 2. The van der Waals surface area contributed by atoms with E-state index in [1.54, 1.807) is 6.92 Å². The molecule has 4 heteroatoms. The second-order valence-electron chi connectivity index (χ2n) is 7.75. The maximum atomic E-state index is 12.9. The Hall–Kier alpha value is -2.62. The van der Waals surface area contributed by atoms with E-state index in [2.05, 4.69) is 6.07 Å². The summed E-state index contributed by atoms with van der Waals surface area (Å²) in [5.41, 5.74) is 2.52. The first-order valence-corrected chi connectivity index (χ1v) is 9.52. The van der Waals surface area contributed by atoms with Crippen molar-refractivity contribution in [1.29, 1.82) is 0 Å². The van der Waals surface area contributed by atoms with Crippen LogP contribution >= 0.6 is 0 Å². The van der Waals surface area contributed by atoms with Crippen LogP contribution < -0.4 is 9.64 Å². The van der Waals surface area contributed by atoms with Gasteiger partial charge in [0.25, 0.3) is 5.91 Å². The first-order valence-electron chi connectivity index (χ1n) is 9.52. The lowest BCUT2D eigenvalue weighted by molar-refractivity contribution is -0.125. The summed E-state index contributed by atoms with van der Waals surface area (Å²) in [5.74, 6) is 0.894. The normalized spacial score (nSPS) is 13.8. The first-order chi connectivity index (χ1) is 12.9. The van der Waals surface area contributed by atoms with Crippen LogP contribution in [0.1, 0.15) is 49.5 Å². The third-order valence-electron chi connectivity index (χ3n) is 5.41. The van der Waals surface area contributed by atoms with Gasteiger partial charge in [-0.2, -0.15) is 0 Å². The lowest BCUT2D eigenvalue weighted by atomic mass is 9.86. The predicted molar refractivity (Wildman–Crippen MR) is 107 cm³/mol. The summed E-state index contributed by atoms with van der Waals surface area (Å²) in [6.45, 7) is 6.68. The molecule has 0 saturated heterocycles. The molecular formula is C23H27NO3. The summed E-state index contributed by atoms with van der Waals surface area (Å²) in [7, 11) is 0. The summed E-state index contributed by atoms with van der Waals surface area (Å²) in [4.78, 5) is 26.4. The smallest absolute Gasteiger partial charge is 0.258 e. The molecule has 0 radical (unpaired) electrons. The van der Waals surface area contributed by atoms with Crippen molar-refractivity contribution in [3.05, 3.63) is 59.7 Å². The van der Waals surface area contributed by atoms with Crippen LogP contribution in [-0.2, 0) is 11.2 Å². The summed E-state index contributed by atoms with van der Waals surface area (Å²) >= 11 is 0. The highest BCUT2D eigenvalue weighted by Gasteiger charge is 2.24. The number of anilines is 1. The molecule has 0 aromatic heterocycles. The first kappa shape index (κ1) is 19.2. The van der Waals surface area contributed by atoms with Gasteiger partial charge in [0.05, 0.1) is 6.61 Å². The molecule has 1 amide bonds. The predicted octanol–water partition coefficient (Wildman–Crippen LogP) is 4.66. The Morgan fingerprint density at radius 2 is 1.78 bits per heavy atom. The number of ether oxygens (including phenoxy) is 1. The van der Waals surface area contributed by atoms with Gasteiger partial charge in [-0.15, -0.1) is 0 Å². The molecule has 3 rings (SSSR count). The highest BCUT2D eigenvalue weighted by Crippen LogP contribution is 2.28. The van der Waals surface area contributed by atoms with Crippen molar-refractivity contribution in [3.63, 3.8) is 0 Å². The number of hydrogen-bond donors (Lipinski definition) is 0. The maximum Gasteiger partial charge on any atom is 0.258 e. The van der Waals surface area contributed by atoms with E-state index in [0.29, 0.717) is 24.3 Å². The van der Waals surface area contributed by atoms with E-state index < -0.39 is 0 Å². The number of amides is 1. The van der Waals surface area contributed by atoms with Crippen molar-refractivity contribution in [2.24, 2.45) is 5.41 Å². The highest BCUT2D eigenvalue weighted by atomic mass is 16.5. The number of aryl methyl sites for hydroxylation is 1. The van der Waals surface area contributed by atoms with E-state index in [1.165, 1.54) is 5.56 Å². The molecule has 0 spiro atoms. The van der Waals surface area contributed by atoms with E-state index in [-0.39, 0.29) is 17.1 Å². The average Bonchev–Trinajstić information content (AvgIpc) is 2.67. The van der Waals surface area contributed by atoms with Gasteiger partial charge < -0.3 is 9.64 Å². The Morgan fingerprint density at radius 3 is 2.48 bits per heavy atom. The fourth-order valence-corrected chi connectivity index (χ4v) is 3.19. The molecule has 0 bridgehead atoms. The van der Waals surface area contributed by atoms with Gasteiger partial charge in [-0.1, -0.05) is 32.0 Å². The number of hydrogen-bond acceptors (Lipinski definition) is 3.